The Bertz CT molecular complexity index is 2710. The van der Waals surface area contributed by atoms with E-state index in [1.807, 2.05) is 50.2 Å². The summed E-state index contributed by atoms with van der Waals surface area (Å²) in [6.07, 6.45) is 3.85. The number of hydrogen-bond donors (Lipinski definition) is 5. The van der Waals surface area contributed by atoms with Crippen LogP contribution >= 0.6 is 23.2 Å². The number of halogens is 2. The highest BCUT2D eigenvalue weighted by Crippen LogP contribution is 2.37. The van der Waals surface area contributed by atoms with Crippen LogP contribution in [0.4, 0.5) is 0 Å². The Morgan fingerprint density at radius 1 is 0.614 bits per heavy atom. The maximum absolute atomic E-state index is 11.5. The number of hydrogen-bond acceptors (Lipinski definition) is 14. The maximum Gasteiger partial charge on any atom is 0.306 e. The molecule has 70 heavy (non-hydrogen) atoms. The van der Waals surface area contributed by atoms with Crippen LogP contribution in [0, 0.1) is 36.5 Å². The van der Waals surface area contributed by atoms with Crippen molar-refractivity contribution in [1.29, 1.82) is 10.5 Å². The summed E-state index contributed by atoms with van der Waals surface area (Å²) in [5, 5.41) is 55.1. The van der Waals surface area contributed by atoms with Crippen LogP contribution in [-0.4, -0.2) is 62.3 Å². The summed E-state index contributed by atoms with van der Waals surface area (Å²) in [4.78, 5) is 30.8. The number of aliphatic hydroxyl groups excluding tert-OH is 2. The monoisotopic (exact) mass is 986 g/mol. The average molecular weight is 988 g/mol. The number of aliphatic hydroxyl groups is 2. The number of carbonyl (C=O) groups excluding carboxylic acids is 1. The van der Waals surface area contributed by atoms with Gasteiger partial charge in [0.15, 0.2) is 0 Å². The first kappa shape index (κ1) is 52.3. The van der Waals surface area contributed by atoms with Crippen molar-refractivity contribution in [2.45, 2.75) is 85.3 Å². The number of benzene rings is 4. The highest BCUT2D eigenvalue weighted by Gasteiger charge is 2.18. The van der Waals surface area contributed by atoms with Crippen molar-refractivity contribution >= 4 is 35.0 Å². The number of carboxylic acids is 1. The molecule has 0 bridgehead atoms. The Kier molecular flexibility index (Phi) is 19.1. The summed E-state index contributed by atoms with van der Waals surface area (Å²) in [5.74, 6) is 0.736. The summed E-state index contributed by atoms with van der Waals surface area (Å²) in [6, 6.07) is 26.3. The van der Waals surface area contributed by atoms with Crippen LogP contribution in [0.2, 0.25) is 10.0 Å². The van der Waals surface area contributed by atoms with Gasteiger partial charge in [-0.15, -0.1) is 0 Å². The largest absolute Gasteiger partial charge is 0.489 e. The van der Waals surface area contributed by atoms with Crippen molar-refractivity contribution in [2.75, 3.05) is 13.1 Å². The minimum absolute atomic E-state index is 0.0320. The van der Waals surface area contributed by atoms with Crippen LogP contribution in [0.25, 0.3) is 11.1 Å². The van der Waals surface area contributed by atoms with Gasteiger partial charge >= 0.3 is 5.97 Å². The van der Waals surface area contributed by atoms with Gasteiger partial charge in [-0.25, -0.2) is 0 Å². The summed E-state index contributed by atoms with van der Waals surface area (Å²) in [5.41, 5.74) is 8.85. The van der Waals surface area contributed by atoms with Gasteiger partial charge in [-0.1, -0.05) is 53.5 Å². The average Bonchev–Trinajstić information content (AvgIpc) is 3.33. The summed E-state index contributed by atoms with van der Waals surface area (Å²) in [6.45, 7) is 6.62. The van der Waals surface area contributed by atoms with Gasteiger partial charge in [0.1, 0.15) is 67.3 Å². The fourth-order valence-electron chi connectivity index (χ4n) is 7.49. The van der Waals surface area contributed by atoms with Crippen LogP contribution < -0.4 is 29.6 Å². The molecule has 4 aromatic carbocycles. The third-order valence-electron chi connectivity index (χ3n) is 11.1. The zero-order valence-electron chi connectivity index (χ0n) is 38.8. The van der Waals surface area contributed by atoms with E-state index in [-0.39, 0.29) is 64.8 Å². The van der Waals surface area contributed by atoms with Crippen molar-refractivity contribution in [3.63, 3.8) is 0 Å². The van der Waals surface area contributed by atoms with Crippen molar-refractivity contribution < 1.29 is 43.9 Å². The Balaban J connectivity index is 1.18. The third kappa shape index (κ3) is 15.0. The van der Waals surface area contributed by atoms with Crippen molar-refractivity contribution in [3.05, 3.63) is 163 Å². The van der Waals surface area contributed by atoms with E-state index in [4.69, 9.17) is 47.3 Å². The molecule has 0 saturated heterocycles. The number of aromatic nitrogens is 2. The first-order valence-corrected chi connectivity index (χ1v) is 23.0. The van der Waals surface area contributed by atoms with Gasteiger partial charge < -0.3 is 44.9 Å². The Labute approximate surface area is 416 Å². The molecule has 0 spiro atoms. The van der Waals surface area contributed by atoms with Crippen molar-refractivity contribution in [1.82, 2.24) is 20.6 Å². The highest BCUT2D eigenvalue weighted by molar-refractivity contribution is 6.32. The molecular weight excluding hydrogens is 936 g/mol. The third-order valence-corrected chi connectivity index (χ3v) is 11.7. The number of aliphatic carboxylic acids is 1. The fourth-order valence-corrected chi connectivity index (χ4v) is 7.97. The van der Waals surface area contributed by atoms with E-state index in [0.717, 1.165) is 27.8 Å². The molecule has 0 aliphatic carbocycles. The number of nitrogens with zero attached hydrogens (tertiary/aromatic N) is 4. The molecule has 2 aromatic heterocycles. The number of Topliss-reactive ketones (excluding diaryl/α,β-unsaturated/α-hetero) is 1. The number of nitriles is 2. The van der Waals surface area contributed by atoms with E-state index in [0.29, 0.717) is 72.0 Å². The zero-order chi connectivity index (χ0) is 50.2. The molecule has 362 valence electrons. The van der Waals surface area contributed by atoms with Crippen LogP contribution in [0.1, 0.15) is 75.4 Å². The molecule has 0 unspecified atom stereocenters. The first-order chi connectivity index (χ1) is 33.7. The molecule has 2 atom stereocenters. The minimum atomic E-state index is -1.11. The van der Waals surface area contributed by atoms with Gasteiger partial charge in [0.2, 0.25) is 0 Å². The van der Waals surface area contributed by atoms with E-state index in [1.165, 1.54) is 19.3 Å². The fraction of sp³-hybridized carbons (Fsp3) is 0.283. The number of pyridine rings is 2. The number of rotatable bonds is 25. The molecule has 2 heterocycles. The Morgan fingerprint density at radius 3 is 1.71 bits per heavy atom. The lowest BCUT2D eigenvalue weighted by molar-refractivity contribution is -0.139. The molecule has 0 amide bonds. The normalized spacial score (nSPS) is 11.8. The van der Waals surface area contributed by atoms with E-state index in [9.17, 15) is 30.3 Å². The molecular formula is C53H52Cl2N6O9. The summed E-state index contributed by atoms with van der Waals surface area (Å²) < 4.78 is 25.3. The van der Waals surface area contributed by atoms with Crippen molar-refractivity contribution in [2.24, 2.45) is 0 Å². The number of carboxylic acid groups (broad SMARTS) is 1. The van der Waals surface area contributed by atoms with Crippen molar-refractivity contribution in [3.8, 4) is 46.3 Å². The van der Waals surface area contributed by atoms with Gasteiger partial charge in [-0.05, 0) is 85.0 Å². The molecule has 17 heteroatoms. The highest BCUT2D eigenvalue weighted by atomic mass is 35.5. The number of ketones is 1. The Hall–Kier alpha value is -7.08. The lowest BCUT2D eigenvalue weighted by Crippen LogP contribution is -2.28. The van der Waals surface area contributed by atoms with Crippen LogP contribution in [0.15, 0.2) is 97.6 Å². The second-order valence-corrected chi connectivity index (χ2v) is 17.4. The Morgan fingerprint density at radius 2 is 1.13 bits per heavy atom. The molecule has 5 N–H and O–H groups in total. The SMILES string of the molecule is CC(=O)C[C@H](O)CNCc1cc(Cl)c(OCc2cccc(-c3cccc(OCc4cc(OCc5cncc(C#N)c5)c(CNC[C@@H](O)CC(=O)O)cc4Cl)c3C)c2C)cc1OCc1cncc(C#N)c1. The lowest BCUT2D eigenvalue weighted by Gasteiger charge is -2.19. The van der Waals surface area contributed by atoms with Gasteiger partial charge in [0.25, 0.3) is 0 Å². The van der Waals surface area contributed by atoms with Gasteiger partial charge in [-0.2, -0.15) is 10.5 Å². The van der Waals surface area contributed by atoms with E-state index < -0.39 is 24.6 Å². The standard InChI is InChI=1S/C53H52Cl2N6O9/c1-32(62)10-43(63)26-60-25-41-14-48(55)52(17-51(41)68-29-38-12-36(19-57)21-59-23-38)70-30-39-6-4-7-45(33(39)2)46-8-5-9-49(34(46)3)69-31-42-15-50(67-28-37-11-35(18-56)20-58-22-37)40(13-47(42)54)24-61-27-44(64)16-53(65)66/h4-9,11-15,17,20-23,43-44,60-61,63-64H,10,16,24-31H2,1-3H3,(H,65,66)/t43-,44-/m0/s1. The number of ether oxygens (including phenoxy) is 4. The van der Waals surface area contributed by atoms with Gasteiger partial charge in [-0.3, -0.25) is 19.6 Å². The maximum atomic E-state index is 11.5. The number of carbonyl (C=O) groups is 2. The molecule has 6 rings (SSSR count). The van der Waals surface area contributed by atoms with E-state index >= 15 is 0 Å². The second-order valence-electron chi connectivity index (χ2n) is 16.6. The molecule has 0 radical (unpaired) electrons. The van der Waals surface area contributed by atoms with E-state index in [2.05, 4.69) is 32.7 Å². The summed E-state index contributed by atoms with van der Waals surface area (Å²) in [7, 11) is 0. The molecule has 0 saturated carbocycles. The quantitative estimate of drug-likeness (QED) is 0.0362. The zero-order valence-corrected chi connectivity index (χ0v) is 40.3. The second kappa shape index (κ2) is 25.5. The van der Waals surface area contributed by atoms with Crippen LogP contribution in [0.3, 0.4) is 0 Å². The molecule has 0 fully saturated rings. The molecule has 6 aromatic rings. The predicted octanol–water partition coefficient (Wildman–Crippen LogP) is 8.48. The lowest BCUT2D eigenvalue weighted by atomic mass is 9.93. The smallest absolute Gasteiger partial charge is 0.306 e. The summed E-state index contributed by atoms with van der Waals surface area (Å²) >= 11 is 13.7. The topological polar surface area (TPSA) is 229 Å². The van der Waals surface area contributed by atoms with Gasteiger partial charge in [0.05, 0.1) is 34.8 Å². The predicted molar refractivity (Wildman–Crippen MR) is 262 cm³/mol. The first-order valence-electron chi connectivity index (χ1n) is 22.2. The number of nitrogens with one attached hydrogen (secondary N) is 2. The molecule has 0 aliphatic rings. The van der Waals surface area contributed by atoms with Crippen LogP contribution in [0.5, 0.6) is 23.0 Å². The minimum Gasteiger partial charge on any atom is -0.489 e. The molecule has 0 aliphatic heterocycles. The van der Waals surface area contributed by atoms with E-state index in [1.54, 1.807) is 48.8 Å². The molecule has 15 nitrogen and oxygen atoms in total. The van der Waals surface area contributed by atoms with Crippen LogP contribution in [-0.2, 0) is 49.1 Å². The van der Waals surface area contributed by atoms with Gasteiger partial charge in [0, 0.05) is 96.3 Å².